The molecule has 2 aromatic carbocycles. The van der Waals surface area contributed by atoms with Crippen molar-refractivity contribution in [3.63, 3.8) is 0 Å². The summed E-state index contributed by atoms with van der Waals surface area (Å²) >= 11 is 5.37. The van der Waals surface area contributed by atoms with Crippen LogP contribution < -0.4 is 16.0 Å². The minimum Gasteiger partial charge on any atom is -0.357 e. The van der Waals surface area contributed by atoms with E-state index in [1.165, 1.54) is 0 Å². The van der Waals surface area contributed by atoms with Gasteiger partial charge in [-0.25, -0.2) is 0 Å². The Morgan fingerprint density at radius 1 is 0.882 bits per heavy atom. The van der Waals surface area contributed by atoms with E-state index in [4.69, 9.17) is 12.2 Å². The van der Waals surface area contributed by atoms with Crippen LogP contribution in [0.15, 0.2) is 54.6 Å². The number of nitrogens with one attached hydrogen (secondary N) is 3. The molecule has 0 aliphatic rings. The van der Waals surface area contributed by atoms with E-state index < -0.39 is 12.1 Å². The van der Waals surface area contributed by atoms with Crippen LogP contribution in [0.25, 0.3) is 0 Å². The lowest BCUT2D eigenvalue weighted by Gasteiger charge is -2.23. The fourth-order valence-corrected chi connectivity index (χ4v) is 3.98. The third-order valence-corrected chi connectivity index (χ3v) is 5.73. The van der Waals surface area contributed by atoms with Gasteiger partial charge >= 0.3 is 0 Å². The van der Waals surface area contributed by atoms with Gasteiger partial charge in [0.2, 0.25) is 17.7 Å². The first-order valence-corrected chi connectivity index (χ1v) is 12.1. The highest BCUT2D eigenvalue weighted by molar-refractivity contribution is 7.80. The maximum absolute atomic E-state index is 13.3. The molecule has 6 nitrogen and oxygen atoms in total. The molecule has 3 amide bonds. The summed E-state index contributed by atoms with van der Waals surface area (Å²) in [6.07, 6.45) is 1.63. The van der Waals surface area contributed by atoms with E-state index in [1.807, 2.05) is 75.4 Å². The number of rotatable bonds is 12. The van der Waals surface area contributed by atoms with Crippen molar-refractivity contribution in [3.05, 3.63) is 71.3 Å². The number of benzene rings is 2. The average Bonchev–Trinajstić information content (AvgIpc) is 2.81. The standard InChI is InChI=1S/C27H35N3O3S/c1-18(2)16-25(31)29-23(15-14-21-12-8-9-13-22(21)19(3)34)27(33)30-24(26(32)28-4)17-20-10-6-5-7-11-20/h5-13,18,23-24H,14-17H2,1-4H3,(H,28,32)(H,29,31)(H,30,33)/t23-,24-/m0/s1. The van der Waals surface area contributed by atoms with Crippen LogP contribution >= 0.6 is 12.2 Å². The Labute approximate surface area is 207 Å². The summed E-state index contributed by atoms with van der Waals surface area (Å²) in [5, 5.41) is 8.35. The molecular weight excluding hydrogens is 446 g/mol. The fraction of sp³-hybridized carbons (Fsp3) is 0.407. The molecule has 0 aliphatic carbocycles. The van der Waals surface area contributed by atoms with Crippen LogP contribution in [0.1, 0.15) is 50.3 Å². The average molecular weight is 482 g/mol. The molecule has 0 spiro atoms. The molecule has 182 valence electrons. The second kappa shape index (κ2) is 13.6. The second-order valence-corrected chi connectivity index (χ2v) is 9.45. The Morgan fingerprint density at radius 3 is 2.15 bits per heavy atom. The molecule has 0 bridgehead atoms. The lowest BCUT2D eigenvalue weighted by atomic mass is 9.97. The molecule has 0 saturated heterocycles. The van der Waals surface area contributed by atoms with E-state index in [-0.39, 0.29) is 23.6 Å². The Kier molecular flexibility index (Phi) is 10.9. The van der Waals surface area contributed by atoms with Gasteiger partial charge in [-0.05, 0) is 42.4 Å². The summed E-state index contributed by atoms with van der Waals surface area (Å²) < 4.78 is 0. The molecule has 0 aromatic heterocycles. The van der Waals surface area contributed by atoms with Gasteiger partial charge < -0.3 is 16.0 Å². The quantitative estimate of drug-likeness (QED) is 0.320. The Morgan fingerprint density at radius 2 is 1.53 bits per heavy atom. The second-order valence-electron chi connectivity index (χ2n) is 8.84. The Bertz CT molecular complexity index is 992. The van der Waals surface area contributed by atoms with Gasteiger partial charge in [-0.2, -0.15) is 0 Å². The summed E-state index contributed by atoms with van der Waals surface area (Å²) in [4.78, 5) is 39.1. The van der Waals surface area contributed by atoms with E-state index in [9.17, 15) is 14.4 Å². The van der Waals surface area contributed by atoms with Crippen molar-refractivity contribution in [3.8, 4) is 0 Å². The SMILES string of the molecule is CNC(=O)[C@H](Cc1ccccc1)NC(=O)[C@H](CCc1ccccc1C(C)=S)NC(=O)CC(C)C. The van der Waals surface area contributed by atoms with Gasteiger partial charge in [-0.15, -0.1) is 0 Å². The highest BCUT2D eigenvalue weighted by Gasteiger charge is 2.27. The number of carbonyl (C=O) groups is 3. The van der Waals surface area contributed by atoms with Crippen molar-refractivity contribution in [1.82, 2.24) is 16.0 Å². The fourth-order valence-electron chi connectivity index (χ4n) is 3.78. The topological polar surface area (TPSA) is 87.3 Å². The molecule has 0 saturated carbocycles. The third kappa shape index (κ3) is 8.71. The van der Waals surface area contributed by atoms with Gasteiger partial charge in [0.05, 0.1) is 0 Å². The first-order valence-electron chi connectivity index (χ1n) is 11.6. The predicted octanol–water partition coefficient (Wildman–Crippen LogP) is 3.36. The number of hydrogen-bond acceptors (Lipinski definition) is 4. The summed E-state index contributed by atoms with van der Waals surface area (Å²) in [6.45, 7) is 5.78. The molecule has 7 heteroatoms. The van der Waals surface area contributed by atoms with Crippen LogP contribution in [-0.2, 0) is 27.2 Å². The van der Waals surface area contributed by atoms with Crippen LogP contribution in [0.5, 0.6) is 0 Å². The number of likely N-dealkylation sites (N-methyl/N-ethyl adjacent to an activating group) is 1. The zero-order valence-corrected chi connectivity index (χ0v) is 21.2. The van der Waals surface area contributed by atoms with E-state index in [2.05, 4.69) is 16.0 Å². The molecule has 34 heavy (non-hydrogen) atoms. The molecule has 2 rings (SSSR count). The molecule has 0 aliphatic heterocycles. The minimum absolute atomic E-state index is 0.165. The van der Waals surface area contributed by atoms with Crippen molar-refractivity contribution < 1.29 is 14.4 Å². The number of thiocarbonyl (C=S) groups is 1. The highest BCUT2D eigenvalue weighted by atomic mass is 32.1. The Balaban J connectivity index is 2.20. The molecule has 0 heterocycles. The van der Waals surface area contributed by atoms with Crippen molar-refractivity contribution in [2.24, 2.45) is 5.92 Å². The van der Waals surface area contributed by atoms with Gasteiger partial charge in [-0.1, -0.05) is 80.7 Å². The molecular formula is C27H35N3O3S. The van der Waals surface area contributed by atoms with Gasteiger partial charge in [0.15, 0.2) is 0 Å². The predicted molar refractivity (Wildman–Crippen MR) is 140 cm³/mol. The van der Waals surface area contributed by atoms with Crippen LogP contribution in [0.3, 0.4) is 0 Å². The molecule has 0 unspecified atom stereocenters. The molecule has 0 radical (unpaired) electrons. The largest absolute Gasteiger partial charge is 0.357 e. The normalized spacial score (nSPS) is 12.5. The smallest absolute Gasteiger partial charge is 0.243 e. The van der Waals surface area contributed by atoms with Crippen molar-refractivity contribution in [1.29, 1.82) is 0 Å². The third-order valence-electron chi connectivity index (χ3n) is 5.51. The van der Waals surface area contributed by atoms with Crippen LogP contribution in [0.4, 0.5) is 0 Å². The van der Waals surface area contributed by atoms with E-state index >= 15 is 0 Å². The van der Waals surface area contributed by atoms with E-state index in [0.29, 0.717) is 25.7 Å². The molecule has 2 aromatic rings. The maximum Gasteiger partial charge on any atom is 0.243 e. The first-order chi connectivity index (χ1) is 16.2. The van der Waals surface area contributed by atoms with E-state index in [1.54, 1.807) is 7.05 Å². The Hall–Kier alpha value is -3.06. The van der Waals surface area contributed by atoms with Gasteiger partial charge in [0, 0.05) is 24.8 Å². The van der Waals surface area contributed by atoms with Crippen molar-refractivity contribution >= 4 is 34.8 Å². The first kappa shape index (κ1) is 27.2. The lowest BCUT2D eigenvalue weighted by Crippen LogP contribution is -2.54. The summed E-state index contributed by atoms with van der Waals surface area (Å²) in [6, 6.07) is 15.8. The zero-order chi connectivity index (χ0) is 25.1. The van der Waals surface area contributed by atoms with Crippen LogP contribution in [0.2, 0.25) is 0 Å². The minimum atomic E-state index is -0.771. The number of amides is 3. The van der Waals surface area contributed by atoms with E-state index in [0.717, 1.165) is 21.6 Å². The monoisotopic (exact) mass is 481 g/mol. The molecule has 0 fully saturated rings. The summed E-state index contributed by atoms with van der Waals surface area (Å²) in [7, 11) is 1.54. The van der Waals surface area contributed by atoms with Crippen LogP contribution in [0, 0.1) is 5.92 Å². The number of aryl methyl sites for hydroxylation is 1. The van der Waals surface area contributed by atoms with Crippen molar-refractivity contribution in [2.45, 2.75) is 58.5 Å². The summed E-state index contributed by atoms with van der Waals surface area (Å²) in [5.74, 6) is -0.683. The molecule has 3 N–H and O–H groups in total. The lowest BCUT2D eigenvalue weighted by molar-refractivity contribution is -0.132. The number of hydrogen-bond donors (Lipinski definition) is 3. The highest BCUT2D eigenvalue weighted by Crippen LogP contribution is 2.14. The van der Waals surface area contributed by atoms with Gasteiger partial charge in [0.1, 0.15) is 12.1 Å². The number of carbonyl (C=O) groups excluding carboxylic acids is 3. The van der Waals surface area contributed by atoms with Crippen LogP contribution in [-0.4, -0.2) is 41.7 Å². The van der Waals surface area contributed by atoms with Gasteiger partial charge in [-0.3, -0.25) is 14.4 Å². The zero-order valence-electron chi connectivity index (χ0n) is 20.4. The van der Waals surface area contributed by atoms with Gasteiger partial charge in [0.25, 0.3) is 0 Å². The molecule has 2 atom stereocenters. The summed E-state index contributed by atoms with van der Waals surface area (Å²) in [5.41, 5.74) is 2.93. The maximum atomic E-state index is 13.3. The van der Waals surface area contributed by atoms with Crippen molar-refractivity contribution in [2.75, 3.05) is 7.05 Å².